The molecule has 0 aliphatic carbocycles. The fraction of sp³-hybridized carbons (Fsp3) is 0.182. The number of alkyl halides is 3. The smallest absolute Gasteiger partial charge is 0.327 e. The Morgan fingerprint density at radius 2 is 1.68 bits per heavy atom. The number of amides is 1. The Hall–Kier alpha value is -3.62. The SMILES string of the molecule is Cc1cc(F)ccc1N1c2cc(C(F)(F)F)ccc2C(=O)N(c2ccc(=O)[nH]c2)[C@H]1C. The molecule has 0 bridgehead atoms. The molecule has 4 rings (SSSR count). The van der Waals surface area contributed by atoms with E-state index in [0.29, 0.717) is 16.9 Å². The zero-order valence-electron chi connectivity index (χ0n) is 16.5. The van der Waals surface area contributed by atoms with Crippen LogP contribution in [0.15, 0.2) is 59.5 Å². The number of H-pyrrole nitrogens is 1. The first-order valence-corrected chi connectivity index (χ1v) is 9.37. The van der Waals surface area contributed by atoms with Crippen molar-refractivity contribution >= 4 is 23.0 Å². The minimum atomic E-state index is -4.60. The molecule has 2 heterocycles. The number of nitrogens with one attached hydrogen (secondary N) is 1. The van der Waals surface area contributed by atoms with Crippen LogP contribution in [0.1, 0.15) is 28.4 Å². The van der Waals surface area contributed by atoms with Gasteiger partial charge in [0.05, 0.1) is 22.5 Å². The summed E-state index contributed by atoms with van der Waals surface area (Å²) in [4.78, 5) is 30.1. The van der Waals surface area contributed by atoms with Crippen LogP contribution in [-0.2, 0) is 6.18 Å². The number of carbonyl (C=O) groups is 1. The minimum absolute atomic E-state index is 0.0565. The number of nitrogens with zero attached hydrogens (tertiary/aromatic N) is 2. The third-order valence-electron chi connectivity index (χ3n) is 5.25. The summed E-state index contributed by atoms with van der Waals surface area (Å²) >= 11 is 0. The number of aryl methyl sites for hydroxylation is 1. The molecule has 3 aromatic rings. The summed E-state index contributed by atoms with van der Waals surface area (Å²) in [5, 5.41) is 0. The Morgan fingerprint density at radius 3 is 2.29 bits per heavy atom. The van der Waals surface area contributed by atoms with Gasteiger partial charge in [-0.15, -0.1) is 0 Å². The molecule has 1 atom stereocenters. The summed E-state index contributed by atoms with van der Waals surface area (Å²) in [6, 6.07) is 9.58. The standard InChI is InChI=1S/C22H17F4N3O2/c1-12-9-15(23)4-7-18(12)29-13(2)28(16-5-8-20(30)27-11-16)21(31)17-6-3-14(10-19(17)29)22(24,25)26/h3-11,13H,1-2H3,(H,27,30)/t13-/m1/s1. The summed E-state index contributed by atoms with van der Waals surface area (Å²) in [6.07, 6.45) is -4.00. The molecule has 2 aromatic carbocycles. The number of fused-ring (bicyclic) bond motifs is 1. The Balaban J connectivity index is 1.96. The maximum Gasteiger partial charge on any atom is 0.416 e. The molecule has 0 fully saturated rings. The van der Waals surface area contributed by atoms with E-state index < -0.39 is 29.6 Å². The van der Waals surface area contributed by atoms with Crippen molar-refractivity contribution in [1.82, 2.24) is 4.98 Å². The number of halogens is 4. The van der Waals surface area contributed by atoms with Crippen LogP contribution in [0.5, 0.6) is 0 Å². The number of hydrogen-bond acceptors (Lipinski definition) is 3. The molecule has 160 valence electrons. The normalized spacial score (nSPS) is 16.5. The average molecular weight is 431 g/mol. The lowest BCUT2D eigenvalue weighted by Crippen LogP contribution is -2.52. The number of aromatic amines is 1. The molecular weight excluding hydrogens is 414 g/mol. The zero-order chi connectivity index (χ0) is 22.5. The lowest BCUT2D eigenvalue weighted by atomic mass is 10.00. The first-order chi connectivity index (χ1) is 14.6. The Kier molecular flexibility index (Phi) is 4.83. The highest BCUT2D eigenvalue weighted by molar-refractivity contribution is 6.13. The van der Waals surface area contributed by atoms with Crippen LogP contribution in [0, 0.1) is 12.7 Å². The fourth-order valence-electron chi connectivity index (χ4n) is 3.81. The zero-order valence-corrected chi connectivity index (χ0v) is 16.5. The maximum absolute atomic E-state index is 13.7. The van der Waals surface area contributed by atoms with Crippen LogP contribution in [-0.4, -0.2) is 17.1 Å². The van der Waals surface area contributed by atoms with Crippen molar-refractivity contribution in [3.8, 4) is 0 Å². The topological polar surface area (TPSA) is 56.4 Å². The number of benzene rings is 2. The Morgan fingerprint density at radius 1 is 0.935 bits per heavy atom. The lowest BCUT2D eigenvalue weighted by Gasteiger charge is -2.44. The summed E-state index contributed by atoms with van der Waals surface area (Å²) in [5.41, 5.74) is 0.189. The highest BCUT2D eigenvalue weighted by atomic mass is 19.4. The lowest BCUT2D eigenvalue weighted by molar-refractivity contribution is -0.137. The monoisotopic (exact) mass is 431 g/mol. The molecule has 0 saturated carbocycles. The van der Waals surface area contributed by atoms with Gasteiger partial charge in [-0.3, -0.25) is 14.5 Å². The van der Waals surface area contributed by atoms with Crippen molar-refractivity contribution in [3.63, 3.8) is 0 Å². The van der Waals surface area contributed by atoms with Crippen LogP contribution >= 0.6 is 0 Å². The maximum atomic E-state index is 13.7. The first-order valence-electron chi connectivity index (χ1n) is 9.37. The molecule has 1 aliphatic heterocycles. The second-order valence-corrected chi connectivity index (χ2v) is 7.25. The summed E-state index contributed by atoms with van der Waals surface area (Å²) in [7, 11) is 0. The molecule has 0 saturated heterocycles. The number of rotatable bonds is 2. The van der Waals surface area contributed by atoms with Gasteiger partial charge < -0.3 is 9.88 Å². The van der Waals surface area contributed by atoms with E-state index in [1.54, 1.807) is 18.7 Å². The molecule has 1 aromatic heterocycles. The molecule has 1 aliphatic rings. The van der Waals surface area contributed by atoms with Crippen LogP contribution in [0.25, 0.3) is 0 Å². The van der Waals surface area contributed by atoms with E-state index in [4.69, 9.17) is 0 Å². The fourth-order valence-corrected chi connectivity index (χ4v) is 3.81. The highest BCUT2D eigenvalue weighted by Crippen LogP contribution is 2.42. The number of aromatic nitrogens is 1. The molecule has 1 N–H and O–H groups in total. The van der Waals surface area contributed by atoms with E-state index >= 15 is 0 Å². The van der Waals surface area contributed by atoms with Crippen molar-refractivity contribution < 1.29 is 22.4 Å². The molecular formula is C22H17F4N3O2. The second kappa shape index (κ2) is 7.26. The largest absolute Gasteiger partial charge is 0.416 e. The van der Waals surface area contributed by atoms with Gasteiger partial charge in [0.1, 0.15) is 12.0 Å². The van der Waals surface area contributed by atoms with Gasteiger partial charge in [0.15, 0.2) is 0 Å². The summed E-state index contributed by atoms with van der Waals surface area (Å²) < 4.78 is 53.9. The van der Waals surface area contributed by atoms with Crippen LogP contribution in [0.3, 0.4) is 0 Å². The predicted molar refractivity (Wildman–Crippen MR) is 108 cm³/mol. The summed E-state index contributed by atoms with van der Waals surface area (Å²) in [6.45, 7) is 3.29. The molecule has 0 spiro atoms. The highest BCUT2D eigenvalue weighted by Gasteiger charge is 2.40. The van der Waals surface area contributed by atoms with Crippen molar-refractivity contribution in [2.45, 2.75) is 26.2 Å². The van der Waals surface area contributed by atoms with E-state index in [9.17, 15) is 27.2 Å². The number of anilines is 3. The van der Waals surface area contributed by atoms with Crippen molar-refractivity contribution in [3.05, 3.63) is 87.6 Å². The van der Waals surface area contributed by atoms with Crippen molar-refractivity contribution in [2.24, 2.45) is 0 Å². The Labute approximate surface area is 174 Å². The summed E-state index contributed by atoms with van der Waals surface area (Å²) in [5.74, 6) is -0.997. The van der Waals surface area contributed by atoms with Gasteiger partial charge in [-0.2, -0.15) is 13.2 Å². The van der Waals surface area contributed by atoms with E-state index in [0.717, 1.165) is 18.2 Å². The second-order valence-electron chi connectivity index (χ2n) is 7.25. The van der Waals surface area contributed by atoms with Crippen molar-refractivity contribution in [1.29, 1.82) is 0 Å². The molecule has 0 radical (unpaired) electrons. The third-order valence-corrected chi connectivity index (χ3v) is 5.25. The average Bonchev–Trinajstić information content (AvgIpc) is 2.70. The number of pyridine rings is 1. The molecule has 1 amide bonds. The number of hydrogen-bond donors (Lipinski definition) is 1. The predicted octanol–water partition coefficient (Wildman–Crippen LogP) is 4.99. The van der Waals surface area contributed by atoms with Crippen molar-refractivity contribution in [2.75, 3.05) is 9.80 Å². The van der Waals surface area contributed by atoms with E-state index in [-0.39, 0.29) is 16.8 Å². The molecule has 0 unspecified atom stereocenters. The van der Waals surface area contributed by atoms with Gasteiger partial charge in [-0.05, 0) is 61.9 Å². The van der Waals surface area contributed by atoms with E-state index in [2.05, 4.69) is 4.98 Å². The molecule has 9 heteroatoms. The van der Waals surface area contributed by atoms with Crippen LogP contribution < -0.4 is 15.4 Å². The van der Waals surface area contributed by atoms with Gasteiger partial charge in [0, 0.05) is 18.0 Å². The van der Waals surface area contributed by atoms with Gasteiger partial charge in [0.2, 0.25) is 5.56 Å². The first kappa shape index (κ1) is 20.6. The minimum Gasteiger partial charge on any atom is -0.327 e. The molecule has 31 heavy (non-hydrogen) atoms. The quantitative estimate of drug-likeness (QED) is 0.582. The van der Waals surface area contributed by atoms with E-state index in [1.165, 1.54) is 41.4 Å². The third kappa shape index (κ3) is 3.56. The Bertz CT molecular complexity index is 1220. The van der Waals surface area contributed by atoms with Crippen LogP contribution in [0.4, 0.5) is 34.6 Å². The molecule has 5 nitrogen and oxygen atoms in total. The van der Waals surface area contributed by atoms with Gasteiger partial charge >= 0.3 is 6.18 Å². The van der Waals surface area contributed by atoms with Gasteiger partial charge in [-0.1, -0.05) is 0 Å². The number of carbonyl (C=O) groups excluding carboxylic acids is 1. The van der Waals surface area contributed by atoms with Gasteiger partial charge in [-0.25, -0.2) is 4.39 Å². The van der Waals surface area contributed by atoms with Gasteiger partial charge in [0.25, 0.3) is 5.91 Å². The van der Waals surface area contributed by atoms with Crippen LogP contribution in [0.2, 0.25) is 0 Å². The van der Waals surface area contributed by atoms with E-state index in [1.807, 2.05) is 0 Å².